The number of fused-ring (bicyclic) bond motifs is 3. The molecule has 1 saturated carbocycles. The van der Waals surface area contributed by atoms with Crippen molar-refractivity contribution < 1.29 is 24.2 Å². The lowest BCUT2D eigenvalue weighted by Crippen LogP contribution is -2.49. The van der Waals surface area contributed by atoms with Crippen LogP contribution in [0.15, 0.2) is 48.5 Å². The zero-order chi connectivity index (χ0) is 25.2. The highest BCUT2D eigenvalue weighted by Gasteiger charge is 2.36. The van der Waals surface area contributed by atoms with Gasteiger partial charge in [0.2, 0.25) is 5.91 Å². The Morgan fingerprint density at radius 1 is 1.00 bits per heavy atom. The van der Waals surface area contributed by atoms with Crippen LogP contribution in [0.1, 0.15) is 63.5 Å². The quantitative estimate of drug-likeness (QED) is 0.510. The summed E-state index contributed by atoms with van der Waals surface area (Å²) in [7, 11) is 0. The Balaban J connectivity index is 1.34. The molecule has 186 valence electrons. The SMILES string of the molecule is CC(C)(C)CC(CC(=O)NC1CC(C(=O)O)C1)NC(=O)OCC1c2ccccc2-c2ccccc21. The number of alkyl carbamates (subject to hydrolysis) is 1. The summed E-state index contributed by atoms with van der Waals surface area (Å²) < 4.78 is 5.67. The highest BCUT2D eigenvalue weighted by molar-refractivity contribution is 5.80. The fourth-order valence-corrected chi connectivity index (χ4v) is 5.17. The third kappa shape index (κ3) is 6.02. The summed E-state index contributed by atoms with van der Waals surface area (Å²) in [5.41, 5.74) is 4.52. The van der Waals surface area contributed by atoms with Gasteiger partial charge in [-0.1, -0.05) is 69.3 Å². The molecule has 2 amide bonds. The number of benzene rings is 2. The summed E-state index contributed by atoms with van der Waals surface area (Å²) in [6, 6.07) is 15.8. The van der Waals surface area contributed by atoms with Gasteiger partial charge in [-0.15, -0.1) is 0 Å². The van der Waals surface area contributed by atoms with E-state index in [1.165, 1.54) is 11.1 Å². The number of carboxylic acids is 1. The average Bonchev–Trinajstić information content (AvgIpc) is 3.07. The number of nitrogens with one attached hydrogen (secondary N) is 2. The molecule has 0 bridgehead atoms. The Labute approximate surface area is 206 Å². The van der Waals surface area contributed by atoms with E-state index in [-0.39, 0.29) is 48.3 Å². The fourth-order valence-electron chi connectivity index (χ4n) is 5.17. The highest BCUT2D eigenvalue weighted by Crippen LogP contribution is 2.44. The molecule has 2 aliphatic carbocycles. The number of aliphatic carboxylic acids is 1. The Hall–Kier alpha value is -3.35. The first-order chi connectivity index (χ1) is 16.6. The van der Waals surface area contributed by atoms with Gasteiger partial charge in [-0.05, 0) is 46.9 Å². The molecule has 2 aliphatic rings. The van der Waals surface area contributed by atoms with E-state index in [9.17, 15) is 14.4 Å². The molecule has 2 aromatic carbocycles. The molecule has 1 atom stereocenters. The Kier molecular flexibility index (Phi) is 7.15. The molecular weight excluding hydrogens is 444 g/mol. The van der Waals surface area contributed by atoms with Crippen LogP contribution in [0, 0.1) is 11.3 Å². The smallest absolute Gasteiger partial charge is 0.407 e. The van der Waals surface area contributed by atoms with Gasteiger partial charge in [0.05, 0.1) is 5.92 Å². The van der Waals surface area contributed by atoms with Crippen molar-refractivity contribution in [1.29, 1.82) is 0 Å². The van der Waals surface area contributed by atoms with E-state index in [2.05, 4.69) is 55.7 Å². The van der Waals surface area contributed by atoms with Gasteiger partial charge in [0, 0.05) is 24.4 Å². The topological polar surface area (TPSA) is 105 Å². The van der Waals surface area contributed by atoms with Crippen molar-refractivity contribution in [3.05, 3.63) is 59.7 Å². The minimum Gasteiger partial charge on any atom is -0.481 e. The van der Waals surface area contributed by atoms with E-state index in [0.717, 1.165) is 11.1 Å². The molecule has 0 spiro atoms. The largest absolute Gasteiger partial charge is 0.481 e. The monoisotopic (exact) mass is 478 g/mol. The predicted molar refractivity (Wildman–Crippen MR) is 133 cm³/mol. The van der Waals surface area contributed by atoms with Crippen molar-refractivity contribution in [2.75, 3.05) is 6.61 Å². The van der Waals surface area contributed by atoms with Gasteiger partial charge in [-0.2, -0.15) is 0 Å². The van der Waals surface area contributed by atoms with Crippen LogP contribution < -0.4 is 10.6 Å². The maximum Gasteiger partial charge on any atom is 0.407 e. The maximum absolute atomic E-state index is 12.8. The van der Waals surface area contributed by atoms with Gasteiger partial charge in [0.1, 0.15) is 6.61 Å². The molecule has 1 unspecified atom stereocenters. The fraction of sp³-hybridized carbons (Fsp3) is 0.464. The van der Waals surface area contributed by atoms with Crippen molar-refractivity contribution in [2.45, 2.75) is 64.5 Å². The molecular formula is C28H34N2O5. The molecule has 0 aliphatic heterocycles. The first-order valence-electron chi connectivity index (χ1n) is 12.2. The number of carbonyl (C=O) groups is 3. The van der Waals surface area contributed by atoms with Crippen molar-refractivity contribution in [2.24, 2.45) is 11.3 Å². The zero-order valence-corrected chi connectivity index (χ0v) is 20.5. The van der Waals surface area contributed by atoms with Gasteiger partial charge in [0.15, 0.2) is 0 Å². The average molecular weight is 479 g/mol. The minimum atomic E-state index is -0.821. The Morgan fingerprint density at radius 3 is 2.11 bits per heavy atom. The first kappa shape index (κ1) is 24.8. The second-order valence-electron chi connectivity index (χ2n) is 10.9. The van der Waals surface area contributed by atoms with Crippen LogP contribution in [0.2, 0.25) is 0 Å². The summed E-state index contributed by atoms with van der Waals surface area (Å²) in [5, 5.41) is 14.8. The normalized spacial score (nSPS) is 19.6. The number of carbonyl (C=O) groups excluding carboxylic acids is 2. The maximum atomic E-state index is 12.8. The molecule has 4 rings (SSSR count). The van der Waals surface area contributed by atoms with E-state index in [1.807, 2.05) is 24.3 Å². The van der Waals surface area contributed by atoms with E-state index in [0.29, 0.717) is 19.3 Å². The molecule has 7 nitrogen and oxygen atoms in total. The van der Waals surface area contributed by atoms with Crippen LogP contribution in [0.25, 0.3) is 11.1 Å². The van der Waals surface area contributed by atoms with Crippen molar-refractivity contribution in [3.63, 3.8) is 0 Å². The lowest BCUT2D eigenvalue weighted by molar-refractivity contribution is -0.146. The van der Waals surface area contributed by atoms with Crippen LogP contribution in [0.4, 0.5) is 4.79 Å². The van der Waals surface area contributed by atoms with Gasteiger partial charge < -0.3 is 20.5 Å². The minimum absolute atomic E-state index is 0.0293. The molecule has 0 saturated heterocycles. The van der Waals surface area contributed by atoms with Gasteiger partial charge in [0.25, 0.3) is 0 Å². The zero-order valence-electron chi connectivity index (χ0n) is 20.5. The third-order valence-corrected chi connectivity index (χ3v) is 6.81. The van der Waals surface area contributed by atoms with Gasteiger partial charge in [-0.25, -0.2) is 4.79 Å². The van der Waals surface area contributed by atoms with E-state index in [4.69, 9.17) is 9.84 Å². The molecule has 2 aromatic rings. The van der Waals surface area contributed by atoms with Crippen LogP contribution in [-0.2, 0) is 14.3 Å². The Bertz CT molecular complexity index is 1060. The third-order valence-electron chi connectivity index (χ3n) is 6.81. The number of amides is 2. The summed E-state index contributed by atoms with van der Waals surface area (Å²) in [6.07, 6.45) is 1.08. The van der Waals surface area contributed by atoms with E-state index < -0.39 is 12.1 Å². The summed E-state index contributed by atoms with van der Waals surface area (Å²) in [5.74, 6) is -1.42. The van der Waals surface area contributed by atoms with Gasteiger partial charge in [-0.3, -0.25) is 9.59 Å². The molecule has 35 heavy (non-hydrogen) atoms. The number of carboxylic acid groups (broad SMARTS) is 1. The number of ether oxygens (including phenoxy) is 1. The predicted octanol–water partition coefficient (Wildman–Crippen LogP) is 4.70. The molecule has 0 aromatic heterocycles. The molecule has 1 fully saturated rings. The summed E-state index contributed by atoms with van der Waals surface area (Å²) in [4.78, 5) is 36.4. The molecule has 0 radical (unpaired) electrons. The molecule has 0 heterocycles. The van der Waals surface area contributed by atoms with Crippen LogP contribution >= 0.6 is 0 Å². The van der Waals surface area contributed by atoms with Crippen LogP contribution in [0.3, 0.4) is 0 Å². The molecule has 7 heteroatoms. The number of hydrogen-bond acceptors (Lipinski definition) is 4. The highest BCUT2D eigenvalue weighted by atomic mass is 16.5. The van der Waals surface area contributed by atoms with Crippen LogP contribution in [0.5, 0.6) is 0 Å². The number of hydrogen-bond donors (Lipinski definition) is 3. The Morgan fingerprint density at radius 2 is 1.57 bits per heavy atom. The lowest BCUT2D eigenvalue weighted by Gasteiger charge is -2.33. The van der Waals surface area contributed by atoms with Gasteiger partial charge >= 0.3 is 12.1 Å². The second-order valence-corrected chi connectivity index (χ2v) is 10.9. The second kappa shape index (κ2) is 10.1. The summed E-state index contributed by atoms with van der Waals surface area (Å²) >= 11 is 0. The number of rotatable bonds is 8. The van der Waals surface area contributed by atoms with Crippen molar-refractivity contribution >= 4 is 18.0 Å². The van der Waals surface area contributed by atoms with Crippen molar-refractivity contribution in [3.8, 4) is 11.1 Å². The van der Waals surface area contributed by atoms with Crippen molar-refractivity contribution in [1.82, 2.24) is 10.6 Å². The first-order valence-corrected chi connectivity index (χ1v) is 12.2. The van der Waals surface area contributed by atoms with E-state index in [1.54, 1.807) is 0 Å². The van der Waals surface area contributed by atoms with Crippen LogP contribution in [-0.4, -0.2) is 41.8 Å². The lowest BCUT2D eigenvalue weighted by atomic mass is 9.80. The standard InChI is InChI=1S/C28H34N2O5/c1-28(2,3)15-19(14-25(31)29-18-12-17(13-18)26(32)33)30-27(34)35-16-24-22-10-6-4-8-20(22)21-9-5-7-11-23(21)24/h4-11,17-19,24H,12-16H2,1-3H3,(H,29,31)(H,30,34)(H,32,33). The van der Waals surface area contributed by atoms with E-state index >= 15 is 0 Å². The molecule has 3 N–H and O–H groups in total. The summed E-state index contributed by atoms with van der Waals surface area (Å²) in [6.45, 7) is 6.38.